The number of oxazole rings is 1. The van der Waals surface area contributed by atoms with E-state index in [0.717, 1.165) is 5.52 Å². The number of sulfone groups is 1. The zero-order chi connectivity index (χ0) is 16.6. The van der Waals surface area contributed by atoms with Crippen molar-refractivity contribution in [2.45, 2.75) is 29.9 Å². The van der Waals surface area contributed by atoms with Gasteiger partial charge in [-0.05, 0) is 25.5 Å². The van der Waals surface area contributed by atoms with Gasteiger partial charge in [0.2, 0.25) is 5.91 Å². The van der Waals surface area contributed by atoms with Crippen LogP contribution in [-0.2, 0) is 14.6 Å². The van der Waals surface area contributed by atoms with Crippen LogP contribution in [-0.4, -0.2) is 54.1 Å². The Morgan fingerprint density at radius 3 is 2.83 bits per heavy atom. The summed E-state index contributed by atoms with van der Waals surface area (Å²) in [5.41, 5.74) is 1.44. The zero-order valence-corrected chi connectivity index (χ0v) is 14.6. The van der Waals surface area contributed by atoms with Gasteiger partial charge in [0.05, 0.1) is 16.8 Å². The van der Waals surface area contributed by atoms with E-state index in [-0.39, 0.29) is 23.5 Å². The lowest BCUT2D eigenvalue weighted by molar-refractivity contribution is -0.130. The first-order valence-electron chi connectivity index (χ1n) is 7.35. The van der Waals surface area contributed by atoms with Crippen molar-refractivity contribution in [1.82, 2.24) is 9.88 Å². The number of nitrogens with zero attached hydrogens (tertiary/aromatic N) is 2. The molecule has 1 aliphatic heterocycles. The number of para-hydroxylation sites is 2. The van der Waals surface area contributed by atoms with Crippen molar-refractivity contribution in [3.8, 4) is 0 Å². The van der Waals surface area contributed by atoms with E-state index in [1.807, 2.05) is 24.3 Å². The van der Waals surface area contributed by atoms with Gasteiger partial charge in [-0.2, -0.15) is 0 Å². The van der Waals surface area contributed by atoms with Crippen LogP contribution >= 0.6 is 11.8 Å². The van der Waals surface area contributed by atoms with Crippen LogP contribution < -0.4 is 0 Å². The van der Waals surface area contributed by atoms with E-state index in [2.05, 4.69) is 4.98 Å². The highest BCUT2D eigenvalue weighted by Gasteiger charge is 2.34. The first kappa shape index (κ1) is 16.3. The maximum Gasteiger partial charge on any atom is 0.257 e. The lowest BCUT2D eigenvalue weighted by Gasteiger charge is -2.25. The summed E-state index contributed by atoms with van der Waals surface area (Å²) >= 11 is 1.25. The molecule has 1 fully saturated rings. The Kier molecular flexibility index (Phi) is 4.37. The minimum absolute atomic E-state index is 0.0511. The smallest absolute Gasteiger partial charge is 0.257 e. The van der Waals surface area contributed by atoms with E-state index >= 15 is 0 Å². The average molecular weight is 354 g/mol. The molecule has 2 aromatic rings. The molecule has 1 amide bonds. The summed E-state index contributed by atoms with van der Waals surface area (Å²) in [4.78, 5) is 18.4. The molecule has 1 saturated heterocycles. The highest BCUT2D eigenvalue weighted by atomic mass is 32.2. The summed E-state index contributed by atoms with van der Waals surface area (Å²) in [5.74, 6) is 0.0941. The van der Waals surface area contributed by atoms with Crippen molar-refractivity contribution >= 4 is 38.6 Å². The number of carbonyl (C=O) groups is 1. The SMILES string of the molecule is C[C@@H](Sc1nc2ccccc2o1)C(=O)N(C)[C@H]1CCS(=O)(=O)C1. The number of aromatic nitrogens is 1. The van der Waals surface area contributed by atoms with Crippen LogP contribution in [0, 0.1) is 0 Å². The molecule has 1 aromatic heterocycles. The van der Waals surface area contributed by atoms with Gasteiger partial charge < -0.3 is 9.32 Å². The molecule has 0 saturated carbocycles. The molecular weight excluding hydrogens is 336 g/mol. The number of benzene rings is 1. The van der Waals surface area contributed by atoms with Crippen LogP contribution in [0.5, 0.6) is 0 Å². The molecule has 2 heterocycles. The van der Waals surface area contributed by atoms with Gasteiger partial charge in [-0.15, -0.1) is 0 Å². The van der Waals surface area contributed by atoms with E-state index in [9.17, 15) is 13.2 Å². The molecular formula is C15H18N2O4S2. The summed E-state index contributed by atoms with van der Waals surface area (Å²) in [7, 11) is -1.34. The van der Waals surface area contributed by atoms with E-state index in [1.165, 1.54) is 11.8 Å². The van der Waals surface area contributed by atoms with Crippen molar-refractivity contribution in [3.05, 3.63) is 24.3 Å². The highest BCUT2D eigenvalue weighted by molar-refractivity contribution is 8.00. The second kappa shape index (κ2) is 6.16. The minimum atomic E-state index is -3.01. The van der Waals surface area contributed by atoms with E-state index < -0.39 is 15.1 Å². The van der Waals surface area contributed by atoms with Crippen LogP contribution in [0.25, 0.3) is 11.1 Å². The number of amides is 1. The van der Waals surface area contributed by atoms with Crippen LogP contribution in [0.2, 0.25) is 0 Å². The number of fused-ring (bicyclic) bond motifs is 1. The fourth-order valence-electron chi connectivity index (χ4n) is 2.65. The van der Waals surface area contributed by atoms with Crippen molar-refractivity contribution in [3.63, 3.8) is 0 Å². The predicted molar refractivity (Wildman–Crippen MR) is 89.2 cm³/mol. The molecule has 1 aromatic carbocycles. The largest absolute Gasteiger partial charge is 0.431 e. The normalized spacial score (nSPS) is 21.4. The van der Waals surface area contributed by atoms with E-state index in [0.29, 0.717) is 17.2 Å². The van der Waals surface area contributed by atoms with Gasteiger partial charge in [0.15, 0.2) is 15.4 Å². The van der Waals surface area contributed by atoms with Crippen molar-refractivity contribution in [1.29, 1.82) is 0 Å². The Morgan fingerprint density at radius 2 is 2.17 bits per heavy atom. The van der Waals surface area contributed by atoms with Crippen LogP contribution in [0.1, 0.15) is 13.3 Å². The van der Waals surface area contributed by atoms with E-state index in [1.54, 1.807) is 18.9 Å². The van der Waals surface area contributed by atoms with Crippen molar-refractivity contribution in [2.75, 3.05) is 18.6 Å². The third kappa shape index (κ3) is 3.53. The monoisotopic (exact) mass is 354 g/mol. The number of hydrogen-bond acceptors (Lipinski definition) is 6. The number of hydrogen-bond donors (Lipinski definition) is 0. The maximum absolute atomic E-state index is 12.5. The van der Waals surface area contributed by atoms with Gasteiger partial charge >= 0.3 is 0 Å². The Bertz CT molecular complexity index is 798. The van der Waals surface area contributed by atoms with Gasteiger partial charge in [-0.3, -0.25) is 4.79 Å². The van der Waals surface area contributed by atoms with Gasteiger partial charge in [-0.1, -0.05) is 23.9 Å². The second-order valence-electron chi connectivity index (χ2n) is 5.71. The molecule has 0 aliphatic carbocycles. The van der Waals surface area contributed by atoms with Gasteiger partial charge in [0.25, 0.3) is 5.22 Å². The molecule has 8 heteroatoms. The second-order valence-corrected chi connectivity index (χ2v) is 9.23. The third-order valence-corrected chi connectivity index (χ3v) is 6.69. The number of rotatable bonds is 4. The van der Waals surface area contributed by atoms with Crippen molar-refractivity contribution < 1.29 is 17.6 Å². The average Bonchev–Trinajstić information content (AvgIpc) is 3.07. The molecule has 3 rings (SSSR count). The summed E-state index contributed by atoms with van der Waals surface area (Å²) < 4.78 is 28.7. The lowest BCUT2D eigenvalue weighted by atomic mass is 10.2. The highest BCUT2D eigenvalue weighted by Crippen LogP contribution is 2.28. The molecule has 2 atom stereocenters. The molecule has 0 radical (unpaired) electrons. The lowest BCUT2D eigenvalue weighted by Crippen LogP contribution is -2.41. The Morgan fingerprint density at radius 1 is 1.43 bits per heavy atom. The first-order chi connectivity index (χ1) is 10.9. The maximum atomic E-state index is 12.5. The summed E-state index contributed by atoms with van der Waals surface area (Å²) in [5, 5.41) is 0.0517. The van der Waals surface area contributed by atoms with Gasteiger partial charge in [-0.25, -0.2) is 13.4 Å². The quantitative estimate of drug-likeness (QED) is 0.781. The fourth-order valence-corrected chi connectivity index (χ4v) is 5.28. The molecule has 0 bridgehead atoms. The molecule has 0 N–H and O–H groups in total. The van der Waals surface area contributed by atoms with Crippen LogP contribution in [0.3, 0.4) is 0 Å². The molecule has 124 valence electrons. The van der Waals surface area contributed by atoms with Crippen molar-refractivity contribution in [2.24, 2.45) is 0 Å². The predicted octanol–water partition coefficient (Wildman–Crippen LogP) is 1.95. The van der Waals surface area contributed by atoms with Gasteiger partial charge in [0, 0.05) is 13.1 Å². The Labute approximate surface area is 139 Å². The molecule has 23 heavy (non-hydrogen) atoms. The molecule has 6 nitrogen and oxygen atoms in total. The Balaban J connectivity index is 1.67. The first-order valence-corrected chi connectivity index (χ1v) is 10.1. The van der Waals surface area contributed by atoms with E-state index in [4.69, 9.17) is 4.42 Å². The zero-order valence-electron chi connectivity index (χ0n) is 12.9. The summed E-state index contributed by atoms with van der Waals surface area (Å²) in [6.45, 7) is 1.78. The molecule has 0 unspecified atom stereocenters. The van der Waals surface area contributed by atoms with Crippen LogP contribution in [0.15, 0.2) is 33.9 Å². The number of carbonyl (C=O) groups excluding carboxylic acids is 1. The minimum Gasteiger partial charge on any atom is -0.431 e. The fraction of sp³-hybridized carbons (Fsp3) is 0.467. The summed E-state index contributed by atoms with van der Waals surface area (Å²) in [6.07, 6.45) is 0.505. The Hall–Kier alpha value is -1.54. The molecule has 1 aliphatic rings. The standard InChI is InChI=1S/C15H18N2O4S2/c1-10(14(18)17(2)11-7-8-23(19,20)9-11)22-15-16-12-5-3-4-6-13(12)21-15/h3-6,10-11H,7-9H2,1-2H3/t10-,11+/m1/s1. The number of thioether (sulfide) groups is 1. The third-order valence-electron chi connectivity index (χ3n) is 4.00. The van der Waals surface area contributed by atoms with Gasteiger partial charge in [0.1, 0.15) is 5.52 Å². The van der Waals surface area contributed by atoms with Crippen LogP contribution in [0.4, 0.5) is 0 Å². The molecule has 0 spiro atoms. The topological polar surface area (TPSA) is 80.5 Å². The summed E-state index contributed by atoms with van der Waals surface area (Å²) in [6, 6.07) is 7.19.